The lowest BCUT2D eigenvalue weighted by atomic mass is 9.84. The fourth-order valence-corrected chi connectivity index (χ4v) is 3.43. The molecule has 2 rings (SSSR count). The van der Waals surface area contributed by atoms with Crippen molar-refractivity contribution in [3.8, 4) is 0 Å². The van der Waals surface area contributed by atoms with Gasteiger partial charge in [-0.1, -0.05) is 12.8 Å². The quantitative estimate of drug-likeness (QED) is 0.819. The molecule has 1 saturated heterocycles. The molecule has 128 valence electrons. The second-order valence-corrected chi connectivity index (χ2v) is 6.58. The van der Waals surface area contributed by atoms with E-state index in [0.29, 0.717) is 6.42 Å². The SMILES string of the molecule is O=C(C[C@H]1CCCC[C@@H]1O)N1CCCC(O)(C(F)(F)F)CC1. The van der Waals surface area contributed by atoms with Gasteiger partial charge in [0.15, 0.2) is 5.60 Å². The molecule has 7 heteroatoms. The first-order chi connectivity index (χ1) is 10.2. The van der Waals surface area contributed by atoms with Gasteiger partial charge in [0.05, 0.1) is 6.10 Å². The van der Waals surface area contributed by atoms with E-state index in [1.807, 2.05) is 0 Å². The molecular formula is C15H24F3NO3. The Morgan fingerprint density at radius 2 is 1.82 bits per heavy atom. The van der Waals surface area contributed by atoms with E-state index >= 15 is 0 Å². The summed E-state index contributed by atoms with van der Waals surface area (Å²) in [6.45, 7) is 0.150. The van der Waals surface area contributed by atoms with Crippen LogP contribution in [-0.2, 0) is 4.79 Å². The molecule has 2 fully saturated rings. The lowest BCUT2D eigenvalue weighted by Crippen LogP contribution is -2.46. The largest absolute Gasteiger partial charge is 0.417 e. The highest BCUT2D eigenvalue weighted by atomic mass is 19.4. The van der Waals surface area contributed by atoms with Crippen molar-refractivity contribution >= 4 is 5.91 Å². The molecule has 22 heavy (non-hydrogen) atoms. The summed E-state index contributed by atoms with van der Waals surface area (Å²) in [5.74, 6) is -0.302. The monoisotopic (exact) mass is 323 g/mol. The van der Waals surface area contributed by atoms with Gasteiger partial charge in [0, 0.05) is 25.9 Å². The van der Waals surface area contributed by atoms with Gasteiger partial charge in [0.25, 0.3) is 0 Å². The molecule has 2 aliphatic rings. The molecule has 1 heterocycles. The first kappa shape index (κ1) is 17.5. The van der Waals surface area contributed by atoms with Crippen molar-refractivity contribution in [1.29, 1.82) is 0 Å². The van der Waals surface area contributed by atoms with Crippen LogP contribution in [-0.4, -0.2) is 52.0 Å². The third-order valence-electron chi connectivity index (χ3n) is 5.00. The first-order valence-electron chi connectivity index (χ1n) is 7.98. The van der Waals surface area contributed by atoms with Crippen molar-refractivity contribution in [2.45, 2.75) is 69.2 Å². The average molecular weight is 323 g/mol. The number of likely N-dealkylation sites (tertiary alicyclic amines) is 1. The third-order valence-corrected chi connectivity index (χ3v) is 5.00. The van der Waals surface area contributed by atoms with Crippen LogP contribution in [0.2, 0.25) is 0 Å². The maximum absolute atomic E-state index is 12.9. The maximum Gasteiger partial charge on any atom is 0.417 e. The number of carbonyl (C=O) groups excluding carboxylic acids is 1. The van der Waals surface area contributed by atoms with E-state index in [0.717, 1.165) is 19.3 Å². The minimum Gasteiger partial charge on any atom is -0.393 e. The van der Waals surface area contributed by atoms with Crippen molar-refractivity contribution in [3.63, 3.8) is 0 Å². The summed E-state index contributed by atoms with van der Waals surface area (Å²) < 4.78 is 38.6. The number of hydrogen-bond donors (Lipinski definition) is 2. The Bertz CT molecular complexity index is 402. The lowest BCUT2D eigenvalue weighted by Gasteiger charge is -2.30. The van der Waals surface area contributed by atoms with Crippen LogP contribution in [0.25, 0.3) is 0 Å². The minimum atomic E-state index is -4.66. The van der Waals surface area contributed by atoms with Gasteiger partial charge in [-0.05, 0) is 31.6 Å². The van der Waals surface area contributed by atoms with Gasteiger partial charge < -0.3 is 15.1 Å². The standard InChI is InChI=1S/C15H24F3NO3/c16-15(17,18)14(22)6-3-8-19(9-7-14)13(21)10-11-4-1-2-5-12(11)20/h11-12,20,22H,1-10H2/t11-,12+,14?/m1/s1. The van der Waals surface area contributed by atoms with Crippen LogP contribution in [0.15, 0.2) is 0 Å². The molecule has 1 aliphatic carbocycles. The van der Waals surface area contributed by atoms with Crippen molar-refractivity contribution in [2.24, 2.45) is 5.92 Å². The summed E-state index contributed by atoms with van der Waals surface area (Å²) in [5, 5.41) is 19.6. The summed E-state index contributed by atoms with van der Waals surface area (Å²) in [6, 6.07) is 0. The summed E-state index contributed by atoms with van der Waals surface area (Å²) in [6.07, 6.45) is -2.28. The molecule has 0 aromatic rings. The molecule has 4 nitrogen and oxygen atoms in total. The van der Waals surface area contributed by atoms with Crippen molar-refractivity contribution in [1.82, 2.24) is 4.90 Å². The van der Waals surface area contributed by atoms with Gasteiger partial charge in [-0.25, -0.2) is 0 Å². The predicted molar refractivity (Wildman–Crippen MR) is 74.0 cm³/mol. The molecule has 1 aliphatic heterocycles. The third kappa shape index (κ3) is 3.93. The van der Waals surface area contributed by atoms with Gasteiger partial charge in [-0.15, -0.1) is 0 Å². The fourth-order valence-electron chi connectivity index (χ4n) is 3.43. The molecule has 0 aromatic heterocycles. The lowest BCUT2D eigenvalue weighted by molar-refractivity contribution is -0.263. The minimum absolute atomic E-state index is 0.0857. The number of alkyl halides is 3. The van der Waals surface area contributed by atoms with Crippen molar-refractivity contribution in [3.05, 3.63) is 0 Å². The Morgan fingerprint density at radius 1 is 1.14 bits per heavy atom. The Hall–Kier alpha value is -0.820. The molecule has 2 N–H and O–H groups in total. The Morgan fingerprint density at radius 3 is 2.45 bits per heavy atom. The van der Waals surface area contributed by atoms with Crippen molar-refractivity contribution in [2.75, 3.05) is 13.1 Å². The maximum atomic E-state index is 12.9. The van der Waals surface area contributed by atoms with E-state index in [4.69, 9.17) is 0 Å². The zero-order chi connectivity index (χ0) is 16.4. The topological polar surface area (TPSA) is 60.8 Å². The first-order valence-corrected chi connectivity index (χ1v) is 7.98. The summed E-state index contributed by atoms with van der Waals surface area (Å²) in [7, 11) is 0. The van der Waals surface area contributed by atoms with Crippen LogP contribution < -0.4 is 0 Å². The Balaban J connectivity index is 1.92. The molecule has 0 radical (unpaired) electrons. The highest BCUT2D eigenvalue weighted by Gasteiger charge is 2.53. The van der Waals surface area contributed by atoms with E-state index in [-0.39, 0.29) is 44.2 Å². The average Bonchev–Trinajstić information content (AvgIpc) is 2.64. The second kappa shape index (κ2) is 6.74. The molecule has 1 unspecified atom stereocenters. The number of amides is 1. The highest BCUT2D eigenvalue weighted by molar-refractivity contribution is 5.76. The van der Waals surface area contributed by atoms with Gasteiger partial charge in [-0.3, -0.25) is 4.79 Å². The molecule has 3 atom stereocenters. The van der Waals surface area contributed by atoms with E-state index in [1.165, 1.54) is 4.90 Å². The Kier molecular flexibility index (Phi) is 5.37. The zero-order valence-corrected chi connectivity index (χ0v) is 12.6. The van der Waals surface area contributed by atoms with Crippen LogP contribution >= 0.6 is 0 Å². The number of carbonyl (C=O) groups is 1. The number of hydrogen-bond acceptors (Lipinski definition) is 3. The fraction of sp³-hybridized carbons (Fsp3) is 0.933. The van der Waals surface area contributed by atoms with E-state index in [1.54, 1.807) is 0 Å². The summed E-state index contributed by atoms with van der Waals surface area (Å²) in [4.78, 5) is 13.7. The predicted octanol–water partition coefficient (Wildman–Crippen LogP) is 2.23. The van der Waals surface area contributed by atoms with Crippen LogP contribution in [0.5, 0.6) is 0 Å². The van der Waals surface area contributed by atoms with Crippen molar-refractivity contribution < 1.29 is 28.2 Å². The summed E-state index contributed by atoms with van der Waals surface area (Å²) in [5.41, 5.74) is -2.69. The summed E-state index contributed by atoms with van der Waals surface area (Å²) >= 11 is 0. The molecule has 0 spiro atoms. The zero-order valence-electron chi connectivity index (χ0n) is 12.6. The number of aliphatic hydroxyl groups is 2. The van der Waals surface area contributed by atoms with Gasteiger partial charge in [-0.2, -0.15) is 13.2 Å². The molecule has 0 aromatic carbocycles. The number of rotatable bonds is 2. The van der Waals surface area contributed by atoms with E-state index < -0.39 is 24.3 Å². The normalized spacial score (nSPS) is 34.3. The molecular weight excluding hydrogens is 299 g/mol. The van der Waals surface area contributed by atoms with E-state index in [9.17, 15) is 28.2 Å². The van der Waals surface area contributed by atoms with Gasteiger partial charge in [0.2, 0.25) is 5.91 Å². The number of halogens is 3. The van der Waals surface area contributed by atoms with Crippen LogP contribution in [0.1, 0.15) is 51.4 Å². The van der Waals surface area contributed by atoms with Gasteiger partial charge >= 0.3 is 6.18 Å². The number of nitrogens with zero attached hydrogens (tertiary/aromatic N) is 1. The van der Waals surface area contributed by atoms with Crippen LogP contribution in [0, 0.1) is 5.92 Å². The van der Waals surface area contributed by atoms with E-state index in [2.05, 4.69) is 0 Å². The van der Waals surface area contributed by atoms with Crippen LogP contribution in [0.4, 0.5) is 13.2 Å². The van der Waals surface area contributed by atoms with Gasteiger partial charge in [0.1, 0.15) is 0 Å². The smallest absolute Gasteiger partial charge is 0.393 e. The second-order valence-electron chi connectivity index (χ2n) is 6.58. The van der Waals surface area contributed by atoms with Crippen LogP contribution in [0.3, 0.4) is 0 Å². The molecule has 1 saturated carbocycles. The molecule has 1 amide bonds. The highest BCUT2D eigenvalue weighted by Crippen LogP contribution is 2.38. The Labute approximate surface area is 128 Å². The number of aliphatic hydroxyl groups excluding tert-OH is 1. The molecule has 0 bridgehead atoms.